The average Bonchev–Trinajstić information content (AvgIpc) is 2.83. The molecular weight excluding hydrogens is 518 g/mol. The number of benzene rings is 4. The molecule has 0 radical (unpaired) electrons. The van der Waals surface area contributed by atoms with Gasteiger partial charge in [0.1, 0.15) is 6.61 Å². The lowest BCUT2D eigenvalue weighted by molar-refractivity contribution is 0.306. The number of nitrogens with zero attached hydrogens (tertiary/aromatic N) is 2. The van der Waals surface area contributed by atoms with Gasteiger partial charge in [-0.15, -0.1) is 4.68 Å². The summed E-state index contributed by atoms with van der Waals surface area (Å²) in [4.78, 5) is 27.6. The summed E-state index contributed by atoms with van der Waals surface area (Å²) in [5, 5.41) is 7.08. The van der Waals surface area contributed by atoms with Crippen molar-refractivity contribution in [1.82, 2.24) is 9.66 Å². The van der Waals surface area contributed by atoms with Crippen LogP contribution in [0.25, 0.3) is 21.7 Å². The fraction of sp³-hybridized carbons (Fsp3) is 0.0385. The summed E-state index contributed by atoms with van der Waals surface area (Å²) in [5.74, 6) is 0.493. The van der Waals surface area contributed by atoms with Gasteiger partial charge in [-0.05, 0) is 62.1 Å². The van der Waals surface area contributed by atoms with Gasteiger partial charge < -0.3 is 9.72 Å². The van der Waals surface area contributed by atoms with E-state index in [0.29, 0.717) is 38.3 Å². The first-order valence-corrected chi connectivity index (χ1v) is 11.6. The van der Waals surface area contributed by atoms with Gasteiger partial charge in [0.2, 0.25) is 0 Å². The van der Waals surface area contributed by atoms with Crippen LogP contribution in [0.1, 0.15) is 11.1 Å². The zero-order chi connectivity index (χ0) is 23.7. The van der Waals surface area contributed by atoms with E-state index in [1.807, 2.05) is 24.3 Å². The second-order valence-electron chi connectivity index (χ2n) is 7.58. The highest BCUT2D eigenvalue weighted by Gasteiger charge is 2.11. The van der Waals surface area contributed by atoms with Crippen LogP contribution in [-0.4, -0.2) is 15.9 Å². The van der Waals surface area contributed by atoms with Crippen LogP contribution in [0.2, 0.25) is 5.02 Å². The molecule has 0 aliphatic heterocycles. The Hall–Kier alpha value is -3.68. The summed E-state index contributed by atoms with van der Waals surface area (Å²) in [6.07, 6.45) is 1.40. The number of halogens is 2. The van der Waals surface area contributed by atoms with Crippen molar-refractivity contribution < 1.29 is 4.74 Å². The Labute approximate surface area is 207 Å². The van der Waals surface area contributed by atoms with Gasteiger partial charge in [0, 0.05) is 0 Å². The summed E-state index contributed by atoms with van der Waals surface area (Å²) >= 11 is 9.99. The number of aromatic nitrogens is 2. The lowest BCUT2D eigenvalue weighted by atomic mass is 10.1. The number of hydrogen-bond acceptors (Lipinski definition) is 4. The van der Waals surface area contributed by atoms with Crippen molar-refractivity contribution in [3.63, 3.8) is 0 Å². The standard InChI is InChI=1S/C26H17BrClN3O3/c27-21-12-16(14-29-31-25(32)20-10-3-4-11-23(20)30-26(31)33)13-22(28)24(21)34-15-18-8-5-7-17-6-1-2-9-19(17)18/h1-14H,15H2,(H,30,33). The molecule has 0 unspecified atom stereocenters. The number of aromatic amines is 1. The summed E-state index contributed by atoms with van der Waals surface area (Å²) < 4.78 is 7.45. The van der Waals surface area contributed by atoms with Crippen LogP contribution in [0.5, 0.6) is 5.75 Å². The molecule has 4 aromatic carbocycles. The van der Waals surface area contributed by atoms with E-state index in [1.165, 1.54) is 6.21 Å². The Morgan fingerprint density at radius 2 is 1.71 bits per heavy atom. The molecule has 34 heavy (non-hydrogen) atoms. The maximum Gasteiger partial charge on any atom is 0.349 e. The van der Waals surface area contributed by atoms with Crippen LogP contribution in [0.15, 0.2) is 98.0 Å². The van der Waals surface area contributed by atoms with Crippen LogP contribution in [0.4, 0.5) is 0 Å². The SMILES string of the molecule is O=c1[nH]c2ccccc2c(=O)n1N=Cc1cc(Cl)c(OCc2cccc3ccccc23)c(Br)c1. The third-order valence-corrected chi connectivity index (χ3v) is 6.25. The van der Waals surface area contributed by atoms with Gasteiger partial charge in [0.15, 0.2) is 5.75 Å². The molecule has 8 heteroatoms. The number of para-hydroxylation sites is 1. The molecule has 0 saturated heterocycles. The van der Waals surface area contributed by atoms with Crippen molar-refractivity contribution in [1.29, 1.82) is 0 Å². The normalized spacial score (nSPS) is 11.5. The van der Waals surface area contributed by atoms with Crippen molar-refractivity contribution in [2.75, 3.05) is 0 Å². The molecule has 0 aliphatic carbocycles. The topological polar surface area (TPSA) is 76.5 Å². The van der Waals surface area contributed by atoms with E-state index in [1.54, 1.807) is 36.4 Å². The van der Waals surface area contributed by atoms with Gasteiger partial charge in [0.25, 0.3) is 5.56 Å². The van der Waals surface area contributed by atoms with Crippen molar-refractivity contribution in [3.05, 3.63) is 120 Å². The Morgan fingerprint density at radius 3 is 2.53 bits per heavy atom. The summed E-state index contributed by atoms with van der Waals surface area (Å²) in [6, 6.07) is 24.4. The third kappa shape index (κ3) is 4.27. The number of hydrogen-bond donors (Lipinski definition) is 1. The molecule has 1 N–H and O–H groups in total. The first kappa shape index (κ1) is 22.1. The summed E-state index contributed by atoms with van der Waals surface area (Å²) in [7, 11) is 0. The van der Waals surface area contributed by atoms with Gasteiger partial charge in [-0.1, -0.05) is 66.2 Å². The fourth-order valence-corrected chi connectivity index (χ4v) is 4.73. The third-order valence-electron chi connectivity index (χ3n) is 5.38. The van der Waals surface area contributed by atoms with Crippen molar-refractivity contribution in [3.8, 4) is 5.75 Å². The van der Waals surface area contributed by atoms with Crippen molar-refractivity contribution in [2.45, 2.75) is 6.61 Å². The maximum atomic E-state index is 12.6. The quantitative estimate of drug-likeness (QED) is 0.293. The Kier molecular flexibility index (Phi) is 6.04. The van der Waals surface area contributed by atoms with Gasteiger partial charge >= 0.3 is 5.69 Å². The van der Waals surface area contributed by atoms with Crippen LogP contribution < -0.4 is 16.0 Å². The molecule has 0 spiro atoms. The minimum Gasteiger partial charge on any atom is -0.486 e. The Morgan fingerprint density at radius 1 is 0.971 bits per heavy atom. The molecule has 0 aliphatic rings. The van der Waals surface area contributed by atoms with Crippen LogP contribution in [0.3, 0.4) is 0 Å². The molecule has 5 rings (SSSR count). The molecular formula is C26H17BrClN3O3. The lowest BCUT2D eigenvalue weighted by Gasteiger charge is -2.12. The van der Waals surface area contributed by atoms with Gasteiger partial charge in [0.05, 0.1) is 26.6 Å². The largest absolute Gasteiger partial charge is 0.486 e. The van der Waals surface area contributed by atoms with Crippen LogP contribution in [-0.2, 0) is 6.61 Å². The highest BCUT2D eigenvalue weighted by atomic mass is 79.9. The first-order valence-electron chi connectivity index (χ1n) is 10.4. The minimum atomic E-state index is -0.625. The summed E-state index contributed by atoms with van der Waals surface area (Å²) in [5.41, 5.74) is 0.967. The van der Waals surface area contributed by atoms with Gasteiger partial charge in [-0.3, -0.25) is 4.79 Å². The molecule has 5 aromatic rings. The summed E-state index contributed by atoms with van der Waals surface area (Å²) in [6.45, 7) is 0.342. The molecule has 0 amide bonds. The number of H-pyrrole nitrogens is 1. The molecule has 0 saturated carbocycles. The van der Waals surface area contributed by atoms with E-state index in [9.17, 15) is 9.59 Å². The highest BCUT2D eigenvalue weighted by Crippen LogP contribution is 2.35. The van der Waals surface area contributed by atoms with Crippen LogP contribution >= 0.6 is 27.5 Å². The molecule has 0 atom stereocenters. The predicted octanol–water partition coefficient (Wildman–Crippen LogP) is 5.72. The van der Waals surface area contributed by atoms with Gasteiger partial charge in [-0.2, -0.15) is 5.10 Å². The molecule has 0 fully saturated rings. The molecule has 168 valence electrons. The maximum absolute atomic E-state index is 12.6. The number of rotatable bonds is 5. The van der Waals surface area contributed by atoms with E-state index in [4.69, 9.17) is 16.3 Å². The van der Waals surface area contributed by atoms with E-state index >= 15 is 0 Å². The number of fused-ring (bicyclic) bond motifs is 2. The number of ether oxygens (including phenoxy) is 1. The Bertz CT molecular complexity index is 1660. The van der Waals surface area contributed by atoms with E-state index in [2.05, 4.69) is 44.2 Å². The van der Waals surface area contributed by atoms with Crippen molar-refractivity contribution >= 4 is 55.4 Å². The van der Waals surface area contributed by atoms with E-state index in [0.717, 1.165) is 21.0 Å². The van der Waals surface area contributed by atoms with Gasteiger partial charge in [-0.25, -0.2) is 4.79 Å². The lowest BCUT2D eigenvalue weighted by Crippen LogP contribution is -2.32. The number of nitrogens with one attached hydrogen (secondary N) is 1. The first-order chi connectivity index (χ1) is 16.5. The second-order valence-corrected chi connectivity index (χ2v) is 8.84. The highest BCUT2D eigenvalue weighted by molar-refractivity contribution is 9.10. The zero-order valence-electron chi connectivity index (χ0n) is 17.7. The minimum absolute atomic E-state index is 0.342. The average molecular weight is 535 g/mol. The Balaban J connectivity index is 1.42. The molecule has 1 aromatic heterocycles. The molecule has 1 heterocycles. The van der Waals surface area contributed by atoms with Crippen molar-refractivity contribution in [2.24, 2.45) is 5.10 Å². The second kappa shape index (κ2) is 9.29. The molecule has 6 nitrogen and oxygen atoms in total. The van der Waals surface area contributed by atoms with Crippen LogP contribution in [0, 0.1) is 0 Å². The monoisotopic (exact) mass is 533 g/mol. The van der Waals surface area contributed by atoms with E-state index < -0.39 is 11.2 Å². The smallest absolute Gasteiger partial charge is 0.349 e. The zero-order valence-corrected chi connectivity index (χ0v) is 20.0. The fourth-order valence-electron chi connectivity index (χ4n) is 3.74. The molecule has 0 bridgehead atoms. The van der Waals surface area contributed by atoms with E-state index in [-0.39, 0.29) is 0 Å². The predicted molar refractivity (Wildman–Crippen MR) is 139 cm³/mol.